The molecule has 0 saturated carbocycles. The van der Waals surface area contributed by atoms with Crippen molar-refractivity contribution in [2.24, 2.45) is 10.1 Å². The lowest BCUT2D eigenvalue weighted by Crippen LogP contribution is -2.53. The first-order valence-corrected chi connectivity index (χ1v) is 17.1. The molecule has 1 aliphatic rings. The molecule has 0 aliphatic carbocycles. The minimum atomic E-state index is -3.87. The van der Waals surface area contributed by atoms with Crippen molar-refractivity contribution in [1.82, 2.24) is 10.9 Å². The largest absolute Gasteiger partial charge is 0.494 e. The Bertz CT molecular complexity index is 1920. The number of nitrogens with one attached hydrogen (secondary N) is 2. The molecule has 0 radical (unpaired) electrons. The zero-order valence-corrected chi connectivity index (χ0v) is 27.3. The lowest BCUT2D eigenvalue weighted by molar-refractivity contribution is -0.130. The molecule has 4 aromatic rings. The van der Waals surface area contributed by atoms with E-state index in [-0.39, 0.29) is 36.1 Å². The van der Waals surface area contributed by atoms with E-state index in [0.29, 0.717) is 34.9 Å². The zero-order chi connectivity index (χ0) is 34.0. The maximum Gasteiger partial charge on any atom is 0.266 e. The number of benzene rings is 4. The summed E-state index contributed by atoms with van der Waals surface area (Å²) in [6, 6.07) is 28.5. The quantitative estimate of drug-likeness (QED) is 0.0452. The van der Waals surface area contributed by atoms with Crippen LogP contribution in [0.2, 0.25) is 5.02 Å². The number of halogens is 1. The highest BCUT2D eigenvalue weighted by Gasteiger charge is 2.54. The van der Waals surface area contributed by atoms with Gasteiger partial charge >= 0.3 is 0 Å². The number of aliphatic imine (C=N–C) groups is 1. The van der Waals surface area contributed by atoms with Gasteiger partial charge in [0.05, 0.1) is 17.3 Å². The van der Waals surface area contributed by atoms with Crippen molar-refractivity contribution >= 4 is 38.9 Å². The van der Waals surface area contributed by atoms with E-state index in [1.165, 1.54) is 12.1 Å². The number of ether oxygens (including phenoxy) is 2. The fourth-order valence-corrected chi connectivity index (χ4v) is 6.79. The lowest BCUT2D eigenvalue weighted by Gasteiger charge is -2.31. The van der Waals surface area contributed by atoms with Crippen LogP contribution in [0, 0.1) is 0 Å². The lowest BCUT2D eigenvalue weighted by atomic mass is 9.84. The Morgan fingerprint density at radius 2 is 1.73 bits per heavy atom. The zero-order valence-electron chi connectivity index (χ0n) is 25.7. The summed E-state index contributed by atoms with van der Waals surface area (Å²) < 4.78 is 39.2. The van der Waals surface area contributed by atoms with Crippen molar-refractivity contribution in [3.63, 3.8) is 0 Å². The number of aliphatic hydroxyl groups is 1. The number of rotatable bonds is 15. The summed E-state index contributed by atoms with van der Waals surface area (Å²) in [7, 11) is -3.87. The van der Waals surface area contributed by atoms with Gasteiger partial charge in [-0.25, -0.2) is 18.8 Å². The Kier molecular flexibility index (Phi) is 11.3. The number of azide groups is 1. The second-order valence-corrected chi connectivity index (χ2v) is 13.3. The molecule has 1 aliphatic heterocycles. The second-order valence-electron chi connectivity index (χ2n) is 10.8. The van der Waals surface area contributed by atoms with Crippen LogP contribution in [0.4, 0.5) is 5.69 Å². The van der Waals surface area contributed by atoms with Crippen LogP contribution < -0.4 is 15.6 Å². The van der Waals surface area contributed by atoms with E-state index in [1.54, 1.807) is 84.9 Å². The smallest absolute Gasteiger partial charge is 0.266 e. The Hall–Kier alpha value is -4.91. The topological polar surface area (TPSA) is 175 Å². The van der Waals surface area contributed by atoms with Crippen LogP contribution >= 0.6 is 11.6 Å². The molecule has 48 heavy (non-hydrogen) atoms. The maximum absolute atomic E-state index is 14.4. The number of aliphatic hydroxyl groups excluding tert-OH is 1. The van der Waals surface area contributed by atoms with Gasteiger partial charge in [0, 0.05) is 52.7 Å². The van der Waals surface area contributed by atoms with E-state index in [0.717, 1.165) is 5.56 Å². The molecule has 1 amide bonds. The van der Waals surface area contributed by atoms with E-state index < -0.39 is 33.1 Å². The fraction of sp³-hybridized carbons (Fsp3) is 0.235. The first-order valence-electron chi connectivity index (χ1n) is 15.1. The molecule has 0 aromatic heterocycles. The van der Waals surface area contributed by atoms with Crippen LogP contribution in [0.15, 0.2) is 118 Å². The van der Waals surface area contributed by atoms with Crippen molar-refractivity contribution in [3.8, 4) is 5.75 Å². The van der Waals surface area contributed by atoms with Gasteiger partial charge in [-0.15, -0.1) is 0 Å². The van der Waals surface area contributed by atoms with Gasteiger partial charge in [0.25, 0.3) is 5.91 Å². The van der Waals surface area contributed by atoms with Crippen molar-refractivity contribution < 1.29 is 27.8 Å². The third-order valence-corrected chi connectivity index (χ3v) is 9.80. The predicted molar refractivity (Wildman–Crippen MR) is 182 cm³/mol. The molecule has 248 valence electrons. The van der Waals surface area contributed by atoms with Gasteiger partial charge in [0.2, 0.25) is 5.90 Å². The molecule has 3 N–H and O–H groups in total. The summed E-state index contributed by atoms with van der Waals surface area (Å²) in [4.78, 5) is 22.3. The molecule has 0 saturated heterocycles. The summed E-state index contributed by atoms with van der Waals surface area (Å²) in [5, 5.41) is 13.4. The summed E-state index contributed by atoms with van der Waals surface area (Å²) in [5.41, 5.74) is 14.8. The van der Waals surface area contributed by atoms with Crippen molar-refractivity contribution in [2.45, 2.75) is 35.9 Å². The van der Waals surface area contributed by atoms with Crippen LogP contribution in [-0.4, -0.2) is 49.8 Å². The van der Waals surface area contributed by atoms with Gasteiger partial charge in [0.15, 0.2) is 21.5 Å². The molecule has 0 fully saturated rings. The number of amides is 1. The second kappa shape index (κ2) is 15.8. The molecule has 0 bridgehead atoms. The van der Waals surface area contributed by atoms with Crippen molar-refractivity contribution in [1.29, 1.82) is 0 Å². The number of hydrogen-bond donors (Lipinski definition) is 3. The number of nitrogens with zero attached hydrogens (tertiary/aromatic N) is 4. The number of sulfone groups is 1. The van der Waals surface area contributed by atoms with Gasteiger partial charge < -0.3 is 14.6 Å². The van der Waals surface area contributed by atoms with E-state index in [1.807, 2.05) is 6.07 Å². The summed E-state index contributed by atoms with van der Waals surface area (Å²) in [5.74, 6) is -0.487. The van der Waals surface area contributed by atoms with Crippen LogP contribution in [0.3, 0.4) is 0 Å². The van der Waals surface area contributed by atoms with Crippen LogP contribution in [-0.2, 0) is 25.9 Å². The highest BCUT2D eigenvalue weighted by Crippen LogP contribution is 2.45. The SMILES string of the molecule is [N-]=[N+]=Nc1ccccc1[C@@H]1OC(c2ccc(OCCCO)cc2)=N[C@]1(CCS(=O)(=O)c1ccccc1)C(=O)NNCc1ccccc1Cl. The Morgan fingerprint density at radius 3 is 2.46 bits per heavy atom. The van der Waals surface area contributed by atoms with Crippen molar-refractivity contribution in [2.75, 3.05) is 19.0 Å². The molecular weight excluding hydrogens is 656 g/mol. The Morgan fingerprint density at radius 1 is 1.02 bits per heavy atom. The van der Waals surface area contributed by atoms with Crippen LogP contribution in [0.5, 0.6) is 5.75 Å². The molecule has 4 aromatic carbocycles. The number of carbonyl (C=O) groups is 1. The summed E-state index contributed by atoms with van der Waals surface area (Å²) >= 11 is 6.31. The minimum Gasteiger partial charge on any atom is -0.494 e. The number of carbonyl (C=O) groups excluding carboxylic acids is 1. The van der Waals surface area contributed by atoms with Crippen molar-refractivity contribution in [3.05, 3.63) is 135 Å². The average Bonchev–Trinajstić information content (AvgIpc) is 3.50. The normalized spacial score (nSPS) is 17.1. The first kappa shape index (κ1) is 34.4. The average molecular weight is 689 g/mol. The molecular formula is C34H33ClN6O6S. The third kappa shape index (κ3) is 7.96. The molecule has 5 rings (SSSR count). The van der Waals surface area contributed by atoms with Gasteiger partial charge in [0.1, 0.15) is 5.75 Å². The van der Waals surface area contributed by atoms with E-state index in [9.17, 15) is 18.7 Å². The standard InChI is InChI=1S/C34H33ClN6O6S/c35-29-13-6-4-9-25(29)23-37-40-33(43)34(19-22-48(44,45)27-10-2-1-3-11-27)31(28-12-5-7-14-30(28)39-41-36)47-32(38-34)24-15-17-26(18-16-24)46-21-8-20-42/h1-7,9-18,31,37,42H,8,19-23H2,(H,40,43)/t31-,34-/m0/s1. The van der Waals surface area contributed by atoms with E-state index >= 15 is 0 Å². The molecule has 14 heteroatoms. The molecule has 0 unspecified atom stereocenters. The number of hydrazine groups is 1. The van der Waals surface area contributed by atoms with Gasteiger partial charge in [-0.1, -0.05) is 77.4 Å². The Labute approximate surface area is 282 Å². The van der Waals surface area contributed by atoms with Gasteiger partial charge in [-0.3, -0.25) is 10.2 Å². The summed E-state index contributed by atoms with van der Waals surface area (Å²) in [6.45, 7) is 0.490. The molecule has 0 spiro atoms. The summed E-state index contributed by atoms with van der Waals surface area (Å²) in [6.07, 6.45) is -1.01. The number of hydrogen-bond acceptors (Lipinski definition) is 9. The first-order chi connectivity index (χ1) is 23.3. The minimum absolute atomic E-state index is 0.00117. The van der Waals surface area contributed by atoms with Gasteiger partial charge in [-0.05, 0) is 53.6 Å². The molecule has 12 nitrogen and oxygen atoms in total. The van der Waals surface area contributed by atoms with Crippen LogP contribution in [0.1, 0.15) is 35.6 Å². The highest BCUT2D eigenvalue weighted by molar-refractivity contribution is 7.91. The van der Waals surface area contributed by atoms with E-state index in [4.69, 9.17) is 31.2 Å². The maximum atomic E-state index is 14.4. The molecule has 2 atom stereocenters. The molecule has 1 heterocycles. The Balaban J connectivity index is 1.57. The third-order valence-electron chi connectivity index (χ3n) is 7.69. The highest BCUT2D eigenvalue weighted by atomic mass is 35.5. The van der Waals surface area contributed by atoms with Gasteiger partial charge in [-0.2, -0.15) is 0 Å². The van der Waals surface area contributed by atoms with E-state index in [2.05, 4.69) is 20.9 Å². The fourth-order valence-electron chi connectivity index (χ4n) is 5.20. The van der Waals surface area contributed by atoms with Crippen LogP contribution in [0.25, 0.3) is 10.4 Å². The predicted octanol–water partition coefficient (Wildman–Crippen LogP) is 5.98. The monoisotopic (exact) mass is 688 g/mol.